The molecule has 4 rings (SSSR count). The Hall–Kier alpha value is -2.95. The summed E-state index contributed by atoms with van der Waals surface area (Å²) >= 11 is 0. The van der Waals surface area contributed by atoms with Gasteiger partial charge in [0.1, 0.15) is 0 Å². The molecule has 0 bridgehead atoms. The summed E-state index contributed by atoms with van der Waals surface area (Å²) in [4.78, 5) is 0. The molecule has 5 heteroatoms. The number of aryl methyl sites for hydroxylation is 1. The van der Waals surface area contributed by atoms with Crippen molar-refractivity contribution in [2.45, 2.75) is 13.5 Å². The summed E-state index contributed by atoms with van der Waals surface area (Å²) in [6.07, 6.45) is 2.12. The second kappa shape index (κ2) is 5.11. The number of tetrazole rings is 1. The highest BCUT2D eigenvalue weighted by molar-refractivity contribution is 5.84. The van der Waals surface area contributed by atoms with Crippen LogP contribution in [0.25, 0.3) is 22.3 Å². The fourth-order valence-electron chi connectivity index (χ4n) is 2.77. The van der Waals surface area contributed by atoms with Crippen LogP contribution in [0.1, 0.15) is 11.1 Å². The van der Waals surface area contributed by atoms with Gasteiger partial charge in [-0.1, -0.05) is 29.8 Å². The Morgan fingerprint density at radius 1 is 1.09 bits per heavy atom. The van der Waals surface area contributed by atoms with E-state index < -0.39 is 0 Å². The van der Waals surface area contributed by atoms with Crippen molar-refractivity contribution >= 4 is 10.9 Å². The first-order chi connectivity index (χ1) is 10.8. The van der Waals surface area contributed by atoms with Gasteiger partial charge in [-0.15, -0.1) is 10.2 Å². The molecule has 1 N–H and O–H groups in total. The second-order valence-corrected chi connectivity index (χ2v) is 5.44. The van der Waals surface area contributed by atoms with E-state index in [-0.39, 0.29) is 0 Å². The molecule has 0 aliphatic heterocycles. The fraction of sp³-hybridized carbons (Fsp3) is 0.118. The molecule has 0 fully saturated rings. The first kappa shape index (κ1) is 12.8. The molecule has 0 radical (unpaired) electrons. The van der Waals surface area contributed by atoms with E-state index in [4.69, 9.17) is 0 Å². The number of rotatable bonds is 3. The fourth-order valence-corrected chi connectivity index (χ4v) is 2.77. The van der Waals surface area contributed by atoms with Crippen molar-refractivity contribution in [1.29, 1.82) is 0 Å². The van der Waals surface area contributed by atoms with Crippen LogP contribution in [0.2, 0.25) is 0 Å². The average molecular weight is 289 g/mol. The number of aromatic nitrogens is 5. The van der Waals surface area contributed by atoms with E-state index in [1.54, 1.807) is 0 Å². The second-order valence-electron chi connectivity index (χ2n) is 5.44. The molecule has 0 spiro atoms. The first-order valence-electron chi connectivity index (χ1n) is 7.18. The molecule has 0 amide bonds. The van der Waals surface area contributed by atoms with Gasteiger partial charge < -0.3 is 4.57 Å². The summed E-state index contributed by atoms with van der Waals surface area (Å²) in [6.45, 7) is 2.99. The molecule has 0 aliphatic carbocycles. The lowest BCUT2D eigenvalue weighted by molar-refractivity contribution is 0.836. The van der Waals surface area contributed by atoms with Gasteiger partial charge in [0.2, 0.25) is 5.82 Å². The third-order valence-corrected chi connectivity index (χ3v) is 3.81. The Morgan fingerprint density at radius 3 is 2.86 bits per heavy atom. The maximum atomic E-state index is 4.02. The van der Waals surface area contributed by atoms with E-state index >= 15 is 0 Å². The van der Waals surface area contributed by atoms with Crippen LogP contribution in [0, 0.1) is 6.92 Å². The lowest BCUT2D eigenvalue weighted by atomic mass is 10.1. The van der Waals surface area contributed by atoms with Crippen molar-refractivity contribution in [3.63, 3.8) is 0 Å². The molecule has 0 saturated carbocycles. The van der Waals surface area contributed by atoms with Crippen LogP contribution in [-0.4, -0.2) is 25.2 Å². The summed E-state index contributed by atoms with van der Waals surface area (Å²) in [7, 11) is 0. The van der Waals surface area contributed by atoms with E-state index in [1.165, 1.54) is 22.0 Å². The highest BCUT2D eigenvalue weighted by atomic mass is 15.5. The monoisotopic (exact) mass is 289 g/mol. The van der Waals surface area contributed by atoms with Gasteiger partial charge in [-0.2, -0.15) is 5.21 Å². The molecule has 0 saturated heterocycles. The Labute approximate surface area is 127 Å². The Bertz CT molecular complexity index is 921. The van der Waals surface area contributed by atoms with Gasteiger partial charge in [0, 0.05) is 29.2 Å². The summed E-state index contributed by atoms with van der Waals surface area (Å²) in [6, 6.07) is 16.9. The maximum Gasteiger partial charge on any atom is 0.204 e. The van der Waals surface area contributed by atoms with Crippen molar-refractivity contribution in [2.75, 3.05) is 0 Å². The third-order valence-electron chi connectivity index (χ3n) is 3.81. The van der Waals surface area contributed by atoms with Gasteiger partial charge >= 0.3 is 0 Å². The van der Waals surface area contributed by atoms with E-state index in [9.17, 15) is 0 Å². The molecule has 22 heavy (non-hydrogen) atoms. The summed E-state index contributed by atoms with van der Waals surface area (Å²) in [5.41, 5.74) is 4.76. The quantitative estimate of drug-likeness (QED) is 0.630. The number of nitrogens with one attached hydrogen (secondary N) is 1. The minimum Gasteiger partial charge on any atom is -0.343 e. The first-order valence-corrected chi connectivity index (χ1v) is 7.18. The minimum atomic E-state index is 0.619. The zero-order valence-electron chi connectivity index (χ0n) is 12.2. The van der Waals surface area contributed by atoms with Gasteiger partial charge in [-0.25, -0.2) is 0 Å². The number of benzene rings is 2. The van der Waals surface area contributed by atoms with Crippen molar-refractivity contribution in [2.24, 2.45) is 0 Å². The van der Waals surface area contributed by atoms with E-state index in [2.05, 4.69) is 80.8 Å². The zero-order chi connectivity index (χ0) is 14.9. The topological polar surface area (TPSA) is 59.4 Å². The molecular formula is C17H15N5. The van der Waals surface area contributed by atoms with Crippen molar-refractivity contribution < 1.29 is 0 Å². The van der Waals surface area contributed by atoms with E-state index in [1.807, 2.05) is 6.07 Å². The van der Waals surface area contributed by atoms with Crippen LogP contribution < -0.4 is 0 Å². The lowest BCUT2D eigenvalue weighted by Crippen LogP contribution is -1.98. The van der Waals surface area contributed by atoms with Crippen LogP contribution in [0.4, 0.5) is 0 Å². The van der Waals surface area contributed by atoms with Gasteiger partial charge in [0.05, 0.1) is 0 Å². The van der Waals surface area contributed by atoms with Gasteiger partial charge in [0.15, 0.2) is 0 Å². The zero-order valence-corrected chi connectivity index (χ0v) is 12.2. The molecule has 5 nitrogen and oxygen atoms in total. The predicted molar refractivity (Wildman–Crippen MR) is 85.4 cm³/mol. The van der Waals surface area contributed by atoms with E-state index in [0.29, 0.717) is 5.82 Å². The number of hydrogen-bond donors (Lipinski definition) is 1. The minimum absolute atomic E-state index is 0.619. The Balaban J connectivity index is 1.71. The average Bonchev–Trinajstić information content (AvgIpc) is 3.17. The number of aromatic amines is 1. The standard InChI is InChI=1S/C17H15N5/c1-12-3-2-4-13(9-12)11-22-8-7-14-10-15(5-6-16(14)22)17-18-20-21-19-17/h2-10H,11H2,1H3,(H,18,19,20,21). The molecule has 0 aliphatic rings. The highest BCUT2D eigenvalue weighted by Crippen LogP contribution is 2.23. The molecule has 0 atom stereocenters. The molecule has 108 valence electrons. The molecule has 4 aromatic rings. The number of nitrogens with zero attached hydrogens (tertiary/aromatic N) is 4. The van der Waals surface area contributed by atoms with Crippen LogP contribution in [0.5, 0.6) is 0 Å². The summed E-state index contributed by atoms with van der Waals surface area (Å²) in [5.74, 6) is 0.619. The predicted octanol–water partition coefficient (Wildman–Crippen LogP) is 3.18. The molecule has 0 unspecified atom stereocenters. The number of H-pyrrole nitrogens is 1. The van der Waals surface area contributed by atoms with Crippen LogP contribution in [0.3, 0.4) is 0 Å². The SMILES string of the molecule is Cc1cccc(Cn2ccc3cc(-c4nn[nH]n4)ccc32)c1. The largest absolute Gasteiger partial charge is 0.343 e. The normalized spacial score (nSPS) is 11.1. The third kappa shape index (κ3) is 2.26. The number of fused-ring (bicyclic) bond motifs is 1. The Kier molecular flexibility index (Phi) is 2.96. The van der Waals surface area contributed by atoms with E-state index in [0.717, 1.165) is 12.1 Å². The highest BCUT2D eigenvalue weighted by Gasteiger charge is 2.07. The molecule has 2 aromatic carbocycles. The van der Waals surface area contributed by atoms with Crippen LogP contribution in [0.15, 0.2) is 54.7 Å². The van der Waals surface area contributed by atoms with Gasteiger partial charge in [0.25, 0.3) is 0 Å². The lowest BCUT2D eigenvalue weighted by Gasteiger charge is -2.07. The molecular weight excluding hydrogens is 274 g/mol. The van der Waals surface area contributed by atoms with Crippen LogP contribution >= 0.6 is 0 Å². The van der Waals surface area contributed by atoms with Crippen molar-refractivity contribution in [1.82, 2.24) is 25.2 Å². The summed E-state index contributed by atoms with van der Waals surface area (Å²) in [5, 5.41) is 15.3. The summed E-state index contributed by atoms with van der Waals surface area (Å²) < 4.78 is 2.25. The van der Waals surface area contributed by atoms with Gasteiger partial charge in [-0.05, 0) is 42.0 Å². The maximum absolute atomic E-state index is 4.02. The van der Waals surface area contributed by atoms with Gasteiger partial charge in [-0.3, -0.25) is 0 Å². The Morgan fingerprint density at radius 2 is 2.05 bits per heavy atom. The van der Waals surface area contributed by atoms with Crippen molar-refractivity contribution in [3.05, 3.63) is 65.9 Å². The number of hydrogen-bond acceptors (Lipinski definition) is 3. The molecule has 2 aromatic heterocycles. The molecule has 2 heterocycles. The van der Waals surface area contributed by atoms with Crippen molar-refractivity contribution in [3.8, 4) is 11.4 Å². The van der Waals surface area contributed by atoms with Crippen LogP contribution in [-0.2, 0) is 6.54 Å². The smallest absolute Gasteiger partial charge is 0.204 e.